The average molecular weight is 361 g/mol. The minimum atomic E-state index is -0.285. The normalized spacial score (nSPS) is 15.3. The highest BCUT2D eigenvalue weighted by Gasteiger charge is 2.25. The number of anilines is 1. The van der Waals surface area contributed by atoms with Crippen LogP contribution in [0.4, 0.5) is 10.5 Å². The number of carbonyl (C=O) groups is 2. The number of halogens is 2. The molecule has 0 saturated carbocycles. The minimum absolute atomic E-state index is 0.0945. The molecule has 1 aliphatic rings. The predicted octanol–water partition coefficient (Wildman–Crippen LogP) is 1.29. The number of rotatable bonds is 4. The Morgan fingerprint density at radius 1 is 1.26 bits per heavy atom. The first-order chi connectivity index (χ1) is 11.0. The zero-order chi connectivity index (χ0) is 16.8. The van der Waals surface area contributed by atoms with Gasteiger partial charge in [-0.1, -0.05) is 23.2 Å². The molecule has 1 saturated heterocycles. The summed E-state index contributed by atoms with van der Waals surface area (Å²) in [5.74, 6) is -0.0945. The van der Waals surface area contributed by atoms with E-state index in [9.17, 15) is 9.59 Å². The van der Waals surface area contributed by atoms with Crippen molar-refractivity contribution in [3.8, 4) is 0 Å². The molecule has 23 heavy (non-hydrogen) atoms. The van der Waals surface area contributed by atoms with Crippen molar-refractivity contribution in [3.63, 3.8) is 0 Å². The number of ether oxygens (including phenoxy) is 1. The van der Waals surface area contributed by atoms with E-state index in [1.54, 1.807) is 30.0 Å². The second kappa shape index (κ2) is 8.38. The molecule has 2 N–H and O–H groups in total. The Hall–Kier alpha value is -1.50. The zero-order valence-electron chi connectivity index (χ0n) is 12.9. The summed E-state index contributed by atoms with van der Waals surface area (Å²) >= 11 is 11.8. The molecule has 0 bridgehead atoms. The van der Waals surface area contributed by atoms with Gasteiger partial charge in [0.25, 0.3) is 5.91 Å². The number of amides is 2. The molecule has 1 aromatic carbocycles. The van der Waals surface area contributed by atoms with Gasteiger partial charge in [0.15, 0.2) is 6.54 Å². The van der Waals surface area contributed by atoms with Gasteiger partial charge in [0, 0.05) is 5.69 Å². The van der Waals surface area contributed by atoms with Crippen LogP contribution in [0.5, 0.6) is 0 Å². The number of quaternary nitrogens is 1. The van der Waals surface area contributed by atoms with Crippen LogP contribution in [0.3, 0.4) is 0 Å². The van der Waals surface area contributed by atoms with Crippen LogP contribution in [-0.2, 0) is 9.53 Å². The monoisotopic (exact) mass is 360 g/mol. The summed E-state index contributed by atoms with van der Waals surface area (Å²) in [6.45, 7) is 5.12. The van der Waals surface area contributed by atoms with Gasteiger partial charge >= 0.3 is 6.09 Å². The number of hydrogen-bond acceptors (Lipinski definition) is 3. The van der Waals surface area contributed by atoms with E-state index < -0.39 is 0 Å². The summed E-state index contributed by atoms with van der Waals surface area (Å²) in [6.07, 6.45) is -0.285. The molecule has 8 heteroatoms. The molecule has 2 rings (SSSR count). The first-order valence-electron chi connectivity index (χ1n) is 7.49. The number of benzene rings is 1. The van der Waals surface area contributed by atoms with Gasteiger partial charge in [-0.25, -0.2) is 4.79 Å². The maximum absolute atomic E-state index is 12.1. The summed E-state index contributed by atoms with van der Waals surface area (Å²) in [7, 11) is 0. The third-order valence-electron chi connectivity index (χ3n) is 3.61. The smallest absolute Gasteiger partial charge is 0.410 e. The maximum Gasteiger partial charge on any atom is 0.410 e. The lowest BCUT2D eigenvalue weighted by Gasteiger charge is -2.31. The molecule has 0 aromatic heterocycles. The molecule has 0 unspecified atom stereocenters. The Kier molecular flexibility index (Phi) is 6.50. The van der Waals surface area contributed by atoms with Gasteiger partial charge in [-0.2, -0.15) is 0 Å². The standard InChI is InChI=1S/C15H19Cl2N3O3/c1-2-23-15(22)20-7-5-19(6-8-20)10-14(21)18-11-3-4-12(16)13(17)9-11/h3-4,9H,2,5-8,10H2,1H3,(H,18,21)/p+1. The van der Waals surface area contributed by atoms with Crippen LogP contribution >= 0.6 is 23.2 Å². The lowest BCUT2D eigenvalue weighted by atomic mass is 10.3. The molecule has 1 fully saturated rings. The zero-order valence-corrected chi connectivity index (χ0v) is 14.4. The topological polar surface area (TPSA) is 63.1 Å². The number of hydrogen-bond donors (Lipinski definition) is 2. The summed E-state index contributed by atoms with van der Waals surface area (Å²) in [6, 6.07) is 4.97. The molecular weight excluding hydrogens is 341 g/mol. The van der Waals surface area contributed by atoms with E-state index in [-0.39, 0.29) is 12.0 Å². The van der Waals surface area contributed by atoms with Crippen LogP contribution in [0, 0.1) is 0 Å². The highest BCUT2D eigenvalue weighted by Crippen LogP contribution is 2.24. The Labute approximate surface area is 145 Å². The van der Waals surface area contributed by atoms with Crippen molar-refractivity contribution in [1.29, 1.82) is 0 Å². The number of nitrogens with zero attached hydrogens (tertiary/aromatic N) is 1. The lowest BCUT2D eigenvalue weighted by molar-refractivity contribution is -0.895. The van der Waals surface area contributed by atoms with Crippen molar-refractivity contribution in [3.05, 3.63) is 28.2 Å². The van der Waals surface area contributed by atoms with Crippen molar-refractivity contribution in [2.45, 2.75) is 6.92 Å². The largest absolute Gasteiger partial charge is 0.450 e. The Morgan fingerprint density at radius 3 is 2.57 bits per heavy atom. The molecule has 1 heterocycles. The van der Waals surface area contributed by atoms with E-state index in [1.807, 2.05) is 0 Å². The van der Waals surface area contributed by atoms with E-state index in [4.69, 9.17) is 27.9 Å². The van der Waals surface area contributed by atoms with Crippen molar-refractivity contribution < 1.29 is 19.2 Å². The minimum Gasteiger partial charge on any atom is -0.450 e. The molecule has 0 spiro atoms. The van der Waals surface area contributed by atoms with Gasteiger partial charge in [-0.05, 0) is 25.1 Å². The average Bonchev–Trinajstić information content (AvgIpc) is 2.52. The Bertz CT molecular complexity index is 575. The second-order valence-electron chi connectivity index (χ2n) is 5.29. The van der Waals surface area contributed by atoms with Crippen molar-refractivity contribution in [2.75, 3.05) is 44.6 Å². The molecule has 0 aliphatic carbocycles. The summed E-state index contributed by atoms with van der Waals surface area (Å²) < 4.78 is 4.97. The fraction of sp³-hybridized carbons (Fsp3) is 0.467. The predicted molar refractivity (Wildman–Crippen MR) is 89.3 cm³/mol. The van der Waals surface area contributed by atoms with Crippen LogP contribution in [0.15, 0.2) is 18.2 Å². The third-order valence-corrected chi connectivity index (χ3v) is 4.35. The molecule has 126 valence electrons. The third kappa shape index (κ3) is 5.27. The highest BCUT2D eigenvalue weighted by atomic mass is 35.5. The van der Waals surface area contributed by atoms with Crippen LogP contribution < -0.4 is 10.2 Å². The molecular formula is C15H20Cl2N3O3+. The molecule has 6 nitrogen and oxygen atoms in total. The molecule has 2 amide bonds. The number of piperazine rings is 1. The van der Waals surface area contributed by atoms with Crippen LogP contribution in [0.2, 0.25) is 10.0 Å². The molecule has 1 aromatic rings. The Morgan fingerprint density at radius 2 is 1.96 bits per heavy atom. The SMILES string of the molecule is CCOC(=O)N1CC[NH+](CC(=O)Nc2ccc(Cl)c(Cl)c2)CC1. The van der Waals surface area contributed by atoms with Crippen LogP contribution in [-0.4, -0.2) is 56.2 Å². The number of nitrogens with one attached hydrogen (secondary N) is 2. The quantitative estimate of drug-likeness (QED) is 0.850. The van der Waals surface area contributed by atoms with Gasteiger partial charge in [0.2, 0.25) is 0 Å². The lowest BCUT2D eigenvalue weighted by Crippen LogP contribution is -3.15. The van der Waals surface area contributed by atoms with E-state index in [0.29, 0.717) is 55.1 Å². The first-order valence-corrected chi connectivity index (χ1v) is 8.25. The van der Waals surface area contributed by atoms with Crippen LogP contribution in [0.1, 0.15) is 6.92 Å². The van der Waals surface area contributed by atoms with Gasteiger partial charge in [-0.15, -0.1) is 0 Å². The van der Waals surface area contributed by atoms with Crippen molar-refractivity contribution in [2.24, 2.45) is 0 Å². The van der Waals surface area contributed by atoms with Crippen molar-refractivity contribution in [1.82, 2.24) is 4.90 Å². The molecule has 0 radical (unpaired) electrons. The van der Waals surface area contributed by atoms with Crippen LogP contribution in [0.25, 0.3) is 0 Å². The summed E-state index contributed by atoms with van der Waals surface area (Å²) in [5, 5.41) is 3.66. The van der Waals surface area contributed by atoms with Gasteiger partial charge in [0.1, 0.15) is 0 Å². The van der Waals surface area contributed by atoms with E-state index in [0.717, 1.165) is 4.90 Å². The van der Waals surface area contributed by atoms with Gasteiger partial charge < -0.3 is 15.0 Å². The first kappa shape index (κ1) is 17.8. The van der Waals surface area contributed by atoms with E-state index in [1.165, 1.54) is 0 Å². The maximum atomic E-state index is 12.1. The van der Waals surface area contributed by atoms with E-state index in [2.05, 4.69) is 5.32 Å². The Balaban J connectivity index is 1.78. The summed E-state index contributed by atoms with van der Waals surface area (Å²) in [5.41, 5.74) is 0.619. The fourth-order valence-electron chi connectivity index (χ4n) is 2.40. The van der Waals surface area contributed by atoms with E-state index >= 15 is 0 Å². The number of carbonyl (C=O) groups excluding carboxylic acids is 2. The molecule has 1 aliphatic heterocycles. The fourth-order valence-corrected chi connectivity index (χ4v) is 2.70. The van der Waals surface area contributed by atoms with Crippen molar-refractivity contribution >= 4 is 40.9 Å². The van der Waals surface area contributed by atoms with Gasteiger partial charge in [-0.3, -0.25) is 9.69 Å². The van der Waals surface area contributed by atoms with Gasteiger partial charge in [0.05, 0.1) is 42.8 Å². The summed E-state index contributed by atoms with van der Waals surface area (Å²) in [4.78, 5) is 26.5. The second-order valence-corrected chi connectivity index (χ2v) is 6.10. The molecule has 0 atom stereocenters. The highest BCUT2D eigenvalue weighted by molar-refractivity contribution is 6.42.